The van der Waals surface area contributed by atoms with Crippen molar-refractivity contribution in [2.45, 2.75) is 45.7 Å². The molecule has 64 valence electrons. The molecule has 0 amide bonds. The van der Waals surface area contributed by atoms with Gasteiger partial charge >= 0.3 is 0 Å². The number of nitrogens with one attached hydrogen (secondary N) is 1. The van der Waals surface area contributed by atoms with Crippen molar-refractivity contribution in [2.75, 3.05) is 0 Å². The van der Waals surface area contributed by atoms with E-state index in [-0.39, 0.29) is 0 Å². The maximum absolute atomic E-state index is 3.46. The smallest absolute Gasteiger partial charge is 0.0252 e. The lowest BCUT2D eigenvalue weighted by molar-refractivity contribution is 0.497. The van der Waals surface area contributed by atoms with E-state index in [0.717, 1.165) is 18.0 Å². The van der Waals surface area contributed by atoms with Crippen molar-refractivity contribution in [3.8, 4) is 0 Å². The molecule has 1 heteroatoms. The van der Waals surface area contributed by atoms with Crippen LogP contribution in [0.1, 0.15) is 33.6 Å². The molecule has 1 N–H and O–H groups in total. The van der Waals surface area contributed by atoms with Gasteiger partial charge in [0.2, 0.25) is 0 Å². The molecule has 0 spiro atoms. The van der Waals surface area contributed by atoms with Crippen molar-refractivity contribution in [1.82, 2.24) is 5.32 Å². The van der Waals surface area contributed by atoms with Crippen LogP contribution in [0.4, 0.5) is 0 Å². The largest absolute Gasteiger partial charge is 0.308 e. The second-order valence-electron chi connectivity index (χ2n) is 3.45. The molecule has 0 saturated carbocycles. The summed E-state index contributed by atoms with van der Waals surface area (Å²) >= 11 is 0. The zero-order valence-electron chi connectivity index (χ0n) is 7.80. The van der Waals surface area contributed by atoms with Crippen LogP contribution in [0.2, 0.25) is 0 Å². The monoisotopic (exact) mass is 153 g/mol. The van der Waals surface area contributed by atoms with Crippen molar-refractivity contribution >= 4 is 0 Å². The van der Waals surface area contributed by atoms with Crippen LogP contribution in [-0.4, -0.2) is 12.1 Å². The van der Waals surface area contributed by atoms with Crippen LogP contribution in [0.25, 0.3) is 0 Å². The maximum atomic E-state index is 3.46. The fourth-order valence-electron chi connectivity index (χ4n) is 1.67. The van der Waals surface area contributed by atoms with Crippen LogP contribution in [0.5, 0.6) is 0 Å². The minimum atomic E-state index is 0.769. The molecule has 0 aromatic carbocycles. The third kappa shape index (κ3) is 2.33. The van der Waals surface area contributed by atoms with Gasteiger partial charge in [-0.25, -0.2) is 0 Å². The van der Waals surface area contributed by atoms with Gasteiger partial charge in [0, 0.05) is 12.1 Å². The van der Waals surface area contributed by atoms with Gasteiger partial charge in [0.15, 0.2) is 0 Å². The van der Waals surface area contributed by atoms with E-state index in [0.29, 0.717) is 0 Å². The Hall–Kier alpha value is -0.300. The zero-order valence-corrected chi connectivity index (χ0v) is 7.80. The summed E-state index contributed by atoms with van der Waals surface area (Å²) in [6.45, 7) is 6.64. The topological polar surface area (TPSA) is 21.9 Å². The first-order chi connectivity index (χ1) is 5.29. The van der Waals surface area contributed by atoms with Crippen molar-refractivity contribution in [1.29, 1.82) is 0 Å². The Morgan fingerprint density at radius 3 is 2.55 bits per heavy atom. The molecule has 0 radical (unpaired) electrons. The lowest BCUT2D eigenvalue weighted by Gasteiger charge is -2.09. The third-order valence-electron chi connectivity index (χ3n) is 2.59. The SMILES string of the molecule is CC=CCC(CC)C1NC1C. The van der Waals surface area contributed by atoms with Crippen molar-refractivity contribution in [3.05, 3.63) is 12.2 Å². The van der Waals surface area contributed by atoms with E-state index in [2.05, 4.69) is 38.2 Å². The van der Waals surface area contributed by atoms with Gasteiger partial charge in [0.1, 0.15) is 0 Å². The van der Waals surface area contributed by atoms with Crippen LogP contribution >= 0.6 is 0 Å². The van der Waals surface area contributed by atoms with E-state index in [1.807, 2.05) is 0 Å². The highest BCUT2D eigenvalue weighted by molar-refractivity contribution is 5.00. The highest BCUT2D eigenvalue weighted by atomic mass is 15.1. The van der Waals surface area contributed by atoms with Gasteiger partial charge in [-0.3, -0.25) is 0 Å². The van der Waals surface area contributed by atoms with E-state index in [1.54, 1.807) is 0 Å². The van der Waals surface area contributed by atoms with Crippen molar-refractivity contribution in [3.63, 3.8) is 0 Å². The minimum absolute atomic E-state index is 0.769. The Balaban J connectivity index is 2.26. The van der Waals surface area contributed by atoms with E-state index in [9.17, 15) is 0 Å². The lowest BCUT2D eigenvalue weighted by Crippen LogP contribution is -2.09. The Kier molecular flexibility index (Phi) is 3.13. The summed E-state index contributed by atoms with van der Waals surface area (Å²) in [6.07, 6.45) is 6.97. The highest BCUT2D eigenvalue weighted by Gasteiger charge is 2.36. The number of hydrogen-bond acceptors (Lipinski definition) is 1. The summed E-state index contributed by atoms with van der Waals surface area (Å²) < 4.78 is 0. The molecule has 1 rings (SSSR count). The average Bonchev–Trinajstić information content (AvgIpc) is 2.69. The summed E-state index contributed by atoms with van der Waals surface area (Å²) in [6, 6.07) is 1.57. The van der Waals surface area contributed by atoms with E-state index in [1.165, 1.54) is 12.8 Å². The fraction of sp³-hybridized carbons (Fsp3) is 0.800. The molecule has 3 atom stereocenters. The van der Waals surface area contributed by atoms with Crippen LogP contribution in [0.15, 0.2) is 12.2 Å². The van der Waals surface area contributed by atoms with Crippen LogP contribution in [-0.2, 0) is 0 Å². The standard InChI is InChI=1S/C10H19N/c1-4-6-7-9(5-2)10-8(3)11-10/h4,6,8-11H,5,7H2,1-3H3. The molecule has 0 aromatic rings. The second kappa shape index (κ2) is 3.91. The van der Waals surface area contributed by atoms with Crippen LogP contribution in [0.3, 0.4) is 0 Å². The van der Waals surface area contributed by atoms with Gasteiger partial charge in [-0.2, -0.15) is 0 Å². The quantitative estimate of drug-likeness (QED) is 0.486. The summed E-state index contributed by atoms with van der Waals surface area (Å²) in [5.41, 5.74) is 0. The Bertz CT molecular complexity index is 140. The molecule has 1 fully saturated rings. The molecule has 0 bridgehead atoms. The van der Waals surface area contributed by atoms with Gasteiger partial charge in [-0.15, -0.1) is 0 Å². The number of hydrogen-bond donors (Lipinski definition) is 1. The number of allylic oxidation sites excluding steroid dienone is 2. The lowest BCUT2D eigenvalue weighted by atomic mass is 9.96. The molecule has 1 aliphatic rings. The van der Waals surface area contributed by atoms with E-state index < -0.39 is 0 Å². The van der Waals surface area contributed by atoms with Gasteiger partial charge in [-0.1, -0.05) is 25.5 Å². The third-order valence-corrected chi connectivity index (χ3v) is 2.59. The van der Waals surface area contributed by atoms with Gasteiger partial charge in [0.25, 0.3) is 0 Å². The summed E-state index contributed by atoms with van der Waals surface area (Å²) in [5, 5.41) is 3.46. The molecule has 0 aliphatic carbocycles. The van der Waals surface area contributed by atoms with Gasteiger partial charge in [0.05, 0.1) is 0 Å². The average molecular weight is 153 g/mol. The van der Waals surface area contributed by atoms with Gasteiger partial charge in [-0.05, 0) is 26.2 Å². The molecular weight excluding hydrogens is 134 g/mol. The maximum Gasteiger partial charge on any atom is 0.0252 e. The van der Waals surface area contributed by atoms with Crippen molar-refractivity contribution < 1.29 is 0 Å². The summed E-state index contributed by atoms with van der Waals surface area (Å²) in [7, 11) is 0. The van der Waals surface area contributed by atoms with Crippen molar-refractivity contribution in [2.24, 2.45) is 5.92 Å². The van der Waals surface area contributed by atoms with E-state index in [4.69, 9.17) is 0 Å². The molecule has 1 aliphatic heterocycles. The first-order valence-corrected chi connectivity index (χ1v) is 4.66. The minimum Gasteiger partial charge on any atom is -0.308 e. The molecule has 3 unspecified atom stereocenters. The Morgan fingerprint density at radius 2 is 2.18 bits per heavy atom. The van der Waals surface area contributed by atoms with Crippen LogP contribution in [0, 0.1) is 5.92 Å². The Morgan fingerprint density at radius 1 is 1.55 bits per heavy atom. The first-order valence-electron chi connectivity index (χ1n) is 4.66. The van der Waals surface area contributed by atoms with E-state index >= 15 is 0 Å². The predicted octanol–water partition coefficient (Wildman–Crippen LogP) is 2.34. The fourth-order valence-corrected chi connectivity index (χ4v) is 1.67. The predicted molar refractivity (Wildman–Crippen MR) is 49.6 cm³/mol. The molecule has 1 nitrogen and oxygen atoms in total. The number of rotatable bonds is 4. The molecular formula is C10H19N. The zero-order chi connectivity index (χ0) is 8.27. The van der Waals surface area contributed by atoms with Gasteiger partial charge < -0.3 is 5.32 Å². The second-order valence-corrected chi connectivity index (χ2v) is 3.45. The summed E-state index contributed by atoms with van der Waals surface area (Å²) in [5.74, 6) is 0.862. The highest BCUT2D eigenvalue weighted by Crippen LogP contribution is 2.25. The Labute approximate surface area is 69.9 Å². The van der Waals surface area contributed by atoms with Crippen LogP contribution < -0.4 is 5.32 Å². The normalized spacial score (nSPS) is 32.6. The molecule has 0 aromatic heterocycles. The first kappa shape index (κ1) is 8.79. The molecule has 11 heavy (non-hydrogen) atoms. The summed E-state index contributed by atoms with van der Waals surface area (Å²) in [4.78, 5) is 0. The molecule has 1 heterocycles. The molecule has 1 saturated heterocycles.